The van der Waals surface area contributed by atoms with Crippen LogP contribution in [-0.2, 0) is 19.6 Å². The van der Waals surface area contributed by atoms with E-state index in [-0.39, 0.29) is 22.8 Å². The second-order valence-electron chi connectivity index (χ2n) is 7.47. The lowest BCUT2D eigenvalue weighted by Gasteiger charge is -2.33. The van der Waals surface area contributed by atoms with Crippen LogP contribution in [0.4, 0.5) is 5.69 Å². The van der Waals surface area contributed by atoms with Crippen LogP contribution in [0.25, 0.3) is 0 Å². The summed E-state index contributed by atoms with van der Waals surface area (Å²) in [7, 11) is -3.71. The fourth-order valence-electron chi connectivity index (χ4n) is 3.74. The maximum atomic E-state index is 13.4. The predicted molar refractivity (Wildman–Crippen MR) is 106 cm³/mol. The number of piperidine rings is 2. The SMILES string of the molecule is CC(=O)COC(=O)c1ccc(N2CCCCC2)c(S(=O)(=O)N2CCCCC2)c1. The molecule has 3 rings (SSSR count). The van der Waals surface area contributed by atoms with Gasteiger partial charge in [0.1, 0.15) is 11.5 Å². The molecule has 0 amide bonds. The minimum Gasteiger partial charge on any atom is -0.454 e. The molecule has 0 unspecified atom stereocenters. The standard InChI is InChI=1S/C20H28N2O5S/c1-16(23)15-27-20(24)17-8-9-18(21-10-4-2-5-11-21)19(14-17)28(25,26)22-12-6-3-7-13-22/h8-9,14H,2-7,10-13,15H2,1H3. The molecule has 8 heteroatoms. The van der Waals surface area contributed by atoms with Gasteiger partial charge in [-0.2, -0.15) is 4.31 Å². The highest BCUT2D eigenvalue weighted by molar-refractivity contribution is 7.89. The summed E-state index contributed by atoms with van der Waals surface area (Å²) in [6.07, 6.45) is 5.90. The van der Waals surface area contributed by atoms with E-state index in [0.717, 1.165) is 51.6 Å². The van der Waals surface area contributed by atoms with Crippen LogP contribution < -0.4 is 4.90 Å². The van der Waals surface area contributed by atoms with Crippen molar-refractivity contribution < 1.29 is 22.7 Å². The number of nitrogens with zero attached hydrogens (tertiary/aromatic N) is 2. The molecular weight excluding hydrogens is 380 g/mol. The lowest BCUT2D eigenvalue weighted by Crippen LogP contribution is -2.37. The number of esters is 1. The van der Waals surface area contributed by atoms with Gasteiger partial charge in [-0.05, 0) is 57.2 Å². The van der Waals surface area contributed by atoms with E-state index in [2.05, 4.69) is 4.90 Å². The van der Waals surface area contributed by atoms with Gasteiger partial charge in [0.2, 0.25) is 10.0 Å². The lowest BCUT2D eigenvalue weighted by molar-refractivity contribution is -0.120. The Bertz CT molecular complexity index is 825. The number of ketones is 1. The number of carbonyl (C=O) groups is 2. The van der Waals surface area contributed by atoms with E-state index in [0.29, 0.717) is 18.8 Å². The first-order chi connectivity index (χ1) is 13.4. The first-order valence-electron chi connectivity index (χ1n) is 9.95. The molecule has 0 radical (unpaired) electrons. The number of benzene rings is 1. The van der Waals surface area contributed by atoms with Crippen molar-refractivity contribution >= 4 is 27.5 Å². The molecule has 28 heavy (non-hydrogen) atoms. The van der Waals surface area contributed by atoms with E-state index in [1.54, 1.807) is 12.1 Å². The number of anilines is 1. The van der Waals surface area contributed by atoms with Crippen LogP contribution in [0, 0.1) is 0 Å². The molecule has 2 heterocycles. The van der Waals surface area contributed by atoms with Gasteiger partial charge in [0.25, 0.3) is 0 Å². The highest BCUT2D eigenvalue weighted by Gasteiger charge is 2.31. The normalized spacial score (nSPS) is 18.7. The van der Waals surface area contributed by atoms with Crippen molar-refractivity contribution in [3.63, 3.8) is 0 Å². The Hall–Kier alpha value is -1.93. The monoisotopic (exact) mass is 408 g/mol. The van der Waals surface area contributed by atoms with Crippen LogP contribution in [0.2, 0.25) is 0 Å². The van der Waals surface area contributed by atoms with E-state index >= 15 is 0 Å². The molecule has 154 valence electrons. The van der Waals surface area contributed by atoms with E-state index in [4.69, 9.17) is 4.74 Å². The van der Waals surface area contributed by atoms with Gasteiger partial charge in [-0.1, -0.05) is 6.42 Å². The third-order valence-corrected chi connectivity index (χ3v) is 7.16. The zero-order valence-electron chi connectivity index (χ0n) is 16.4. The third-order valence-electron chi connectivity index (χ3n) is 5.23. The molecule has 0 N–H and O–H groups in total. The first kappa shape index (κ1) is 20.8. The number of ether oxygens (including phenoxy) is 1. The maximum Gasteiger partial charge on any atom is 0.338 e. The Morgan fingerprint density at radius 1 is 0.964 bits per heavy atom. The summed E-state index contributed by atoms with van der Waals surface area (Å²) in [6.45, 7) is 3.62. The number of hydrogen-bond acceptors (Lipinski definition) is 6. The fraction of sp³-hybridized carbons (Fsp3) is 0.600. The maximum absolute atomic E-state index is 13.4. The molecular formula is C20H28N2O5S. The average molecular weight is 409 g/mol. The van der Waals surface area contributed by atoms with Crippen molar-refractivity contribution in [1.82, 2.24) is 4.31 Å². The van der Waals surface area contributed by atoms with Gasteiger partial charge in [0, 0.05) is 26.2 Å². The molecule has 0 atom stereocenters. The molecule has 2 saturated heterocycles. The van der Waals surface area contributed by atoms with Crippen molar-refractivity contribution in [2.75, 3.05) is 37.7 Å². The molecule has 1 aromatic rings. The van der Waals surface area contributed by atoms with Gasteiger partial charge in [0.15, 0.2) is 5.78 Å². The van der Waals surface area contributed by atoms with Crippen molar-refractivity contribution in [2.24, 2.45) is 0 Å². The van der Waals surface area contributed by atoms with E-state index in [9.17, 15) is 18.0 Å². The number of Topliss-reactive ketones (excluding diaryl/α,β-unsaturated/α-hetero) is 1. The van der Waals surface area contributed by atoms with Gasteiger partial charge >= 0.3 is 5.97 Å². The van der Waals surface area contributed by atoms with Crippen molar-refractivity contribution in [1.29, 1.82) is 0 Å². The van der Waals surface area contributed by atoms with Crippen molar-refractivity contribution in [3.8, 4) is 0 Å². The Balaban J connectivity index is 1.98. The minimum absolute atomic E-state index is 0.151. The molecule has 0 saturated carbocycles. The zero-order chi connectivity index (χ0) is 20.1. The van der Waals surface area contributed by atoms with E-state index < -0.39 is 16.0 Å². The third kappa shape index (κ3) is 4.72. The van der Waals surface area contributed by atoms with Crippen LogP contribution in [0.5, 0.6) is 0 Å². The number of hydrogen-bond donors (Lipinski definition) is 0. The van der Waals surface area contributed by atoms with Crippen LogP contribution in [0.3, 0.4) is 0 Å². The quantitative estimate of drug-likeness (QED) is 0.673. The minimum atomic E-state index is -3.71. The summed E-state index contributed by atoms with van der Waals surface area (Å²) in [5.41, 5.74) is 0.797. The molecule has 2 fully saturated rings. The number of sulfonamides is 1. The predicted octanol–water partition coefficient (Wildman–Crippen LogP) is 2.60. The highest BCUT2D eigenvalue weighted by Crippen LogP contribution is 2.32. The van der Waals surface area contributed by atoms with Gasteiger partial charge in [-0.25, -0.2) is 13.2 Å². The molecule has 0 spiro atoms. The smallest absolute Gasteiger partial charge is 0.338 e. The van der Waals surface area contributed by atoms with Crippen molar-refractivity contribution in [3.05, 3.63) is 23.8 Å². The lowest BCUT2D eigenvalue weighted by atomic mass is 10.1. The highest BCUT2D eigenvalue weighted by atomic mass is 32.2. The van der Waals surface area contributed by atoms with Crippen LogP contribution in [0.15, 0.2) is 23.1 Å². The molecule has 0 bridgehead atoms. The van der Waals surface area contributed by atoms with Crippen LogP contribution in [-0.4, -0.2) is 57.3 Å². The van der Waals surface area contributed by atoms with E-state index in [1.807, 2.05) is 0 Å². The molecule has 2 aliphatic rings. The summed E-state index contributed by atoms with van der Waals surface area (Å²) >= 11 is 0. The topological polar surface area (TPSA) is 84.0 Å². The summed E-state index contributed by atoms with van der Waals surface area (Å²) in [4.78, 5) is 25.6. The van der Waals surface area contributed by atoms with Gasteiger partial charge in [-0.15, -0.1) is 0 Å². The van der Waals surface area contributed by atoms with E-state index in [1.165, 1.54) is 17.3 Å². The molecule has 0 aromatic heterocycles. The van der Waals surface area contributed by atoms with Gasteiger partial charge in [0.05, 0.1) is 11.3 Å². The molecule has 2 aliphatic heterocycles. The van der Waals surface area contributed by atoms with Crippen LogP contribution >= 0.6 is 0 Å². The zero-order valence-corrected chi connectivity index (χ0v) is 17.2. The second-order valence-corrected chi connectivity index (χ2v) is 9.38. The Morgan fingerprint density at radius 3 is 2.18 bits per heavy atom. The summed E-state index contributed by atoms with van der Waals surface area (Å²) in [5, 5.41) is 0. The van der Waals surface area contributed by atoms with Crippen LogP contribution in [0.1, 0.15) is 55.8 Å². The molecule has 1 aromatic carbocycles. The summed E-state index contributed by atoms with van der Waals surface area (Å²) in [5.74, 6) is -0.949. The summed E-state index contributed by atoms with van der Waals surface area (Å²) in [6, 6.07) is 4.70. The molecule has 7 nitrogen and oxygen atoms in total. The van der Waals surface area contributed by atoms with Gasteiger partial charge < -0.3 is 9.64 Å². The Morgan fingerprint density at radius 2 is 1.57 bits per heavy atom. The molecule has 0 aliphatic carbocycles. The fourth-order valence-corrected chi connectivity index (χ4v) is 5.49. The Labute approximate surface area is 166 Å². The largest absolute Gasteiger partial charge is 0.454 e. The number of rotatable bonds is 6. The van der Waals surface area contributed by atoms with Gasteiger partial charge in [-0.3, -0.25) is 4.79 Å². The Kier molecular flexibility index (Phi) is 6.72. The second kappa shape index (κ2) is 9.05. The number of carbonyl (C=O) groups excluding carboxylic acids is 2. The first-order valence-corrected chi connectivity index (χ1v) is 11.4. The average Bonchev–Trinajstić information content (AvgIpc) is 2.72. The summed E-state index contributed by atoms with van der Waals surface area (Å²) < 4.78 is 33.3. The van der Waals surface area contributed by atoms with Crippen molar-refractivity contribution in [2.45, 2.75) is 50.3 Å².